The molecule has 150 valence electrons. The highest BCUT2D eigenvalue weighted by molar-refractivity contribution is 5.54. The Balaban J connectivity index is 1.61. The third-order valence-electron chi connectivity index (χ3n) is 4.69. The Hall–Kier alpha value is -3.74. The molecule has 0 saturated carbocycles. The van der Waals surface area contributed by atoms with E-state index in [1.54, 1.807) is 37.1 Å². The van der Waals surface area contributed by atoms with E-state index in [4.69, 9.17) is 4.98 Å². The highest BCUT2D eigenvalue weighted by atomic mass is 19.1. The van der Waals surface area contributed by atoms with Crippen LogP contribution >= 0.6 is 0 Å². The summed E-state index contributed by atoms with van der Waals surface area (Å²) in [5.74, 6) is 0.474. The second-order valence-corrected chi connectivity index (χ2v) is 7.07. The van der Waals surface area contributed by atoms with Crippen LogP contribution in [-0.2, 0) is 12.8 Å². The molecule has 4 rings (SSSR count). The van der Waals surface area contributed by atoms with E-state index in [1.165, 1.54) is 12.1 Å². The number of pyridine rings is 1. The molecule has 0 aliphatic carbocycles. The molecule has 1 aromatic carbocycles. The van der Waals surface area contributed by atoms with Gasteiger partial charge in [0.1, 0.15) is 5.82 Å². The van der Waals surface area contributed by atoms with Crippen LogP contribution in [0.15, 0.2) is 73.4 Å². The summed E-state index contributed by atoms with van der Waals surface area (Å²) in [6.07, 6.45) is 9.72. The van der Waals surface area contributed by atoms with Gasteiger partial charge in [0, 0.05) is 54.5 Å². The summed E-state index contributed by atoms with van der Waals surface area (Å²) < 4.78 is 13.3. The first-order valence-electron chi connectivity index (χ1n) is 9.70. The molecule has 0 fully saturated rings. The maximum absolute atomic E-state index is 13.3. The van der Waals surface area contributed by atoms with Crippen molar-refractivity contribution in [3.8, 4) is 0 Å². The van der Waals surface area contributed by atoms with Crippen molar-refractivity contribution in [2.24, 2.45) is 0 Å². The molecule has 3 aromatic heterocycles. The maximum Gasteiger partial charge on any atom is 0.227 e. The Kier molecular flexibility index (Phi) is 5.98. The molecular formula is C23H21FN6. The number of hydrogen-bond acceptors (Lipinski definition) is 6. The minimum atomic E-state index is -0.232. The van der Waals surface area contributed by atoms with Crippen LogP contribution in [0.3, 0.4) is 0 Å². The van der Waals surface area contributed by atoms with Gasteiger partial charge in [-0.15, -0.1) is 0 Å². The summed E-state index contributed by atoms with van der Waals surface area (Å²) in [5.41, 5.74) is 4.56. The molecule has 0 spiro atoms. The van der Waals surface area contributed by atoms with Crippen molar-refractivity contribution in [2.45, 2.75) is 25.7 Å². The van der Waals surface area contributed by atoms with Crippen molar-refractivity contribution < 1.29 is 4.39 Å². The van der Waals surface area contributed by atoms with Gasteiger partial charge in [0.2, 0.25) is 5.95 Å². The van der Waals surface area contributed by atoms with E-state index in [0.29, 0.717) is 18.8 Å². The van der Waals surface area contributed by atoms with Crippen molar-refractivity contribution >= 4 is 11.6 Å². The van der Waals surface area contributed by atoms with Gasteiger partial charge in [0.05, 0.1) is 5.69 Å². The number of benzene rings is 1. The molecule has 4 aromatic rings. The molecule has 1 N–H and O–H groups in total. The van der Waals surface area contributed by atoms with Crippen molar-refractivity contribution in [1.82, 2.24) is 24.9 Å². The standard InChI is InChI=1S/C23H21FN6/c1-16(17-3-5-18(24)6-4-17)11-19-12-21(30-23-27-7-2-8-28-23)13-20(29-19)14-22-15-25-9-10-26-22/h2-10,12-13,15-16H,11,14H2,1H3,(H,27,28,29,30)/t16-/m1/s1. The van der Waals surface area contributed by atoms with Gasteiger partial charge in [-0.2, -0.15) is 0 Å². The largest absolute Gasteiger partial charge is 0.324 e. The maximum atomic E-state index is 13.3. The third-order valence-corrected chi connectivity index (χ3v) is 4.69. The minimum absolute atomic E-state index is 0.186. The molecule has 3 heterocycles. The zero-order chi connectivity index (χ0) is 20.8. The molecule has 0 bridgehead atoms. The Bertz CT molecular complexity index is 1030. The van der Waals surface area contributed by atoms with Gasteiger partial charge in [-0.3, -0.25) is 15.0 Å². The monoisotopic (exact) mass is 400 g/mol. The molecule has 0 saturated heterocycles. The number of hydrogen-bond donors (Lipinski definition) is 1. The summed E-state index contributed by atoms with van der Waals surface area (Å²) in [7, 11) is 0. The first kappa shape index (κ1) is 19.6. The molecule has 0 unspecified atom stereocenters. The van der Waals surface area contributed by atoms with Crippen LogP contribution in [-0.4, -0.2) is 24.9 Å². The summed E-state index contributed by atoms with van der Waals surface area (Å²) >= 11 is 0. The molecule has 7 heteroatoms. The van der Waals surface area contributed by atoms with Crippen LogP contribution in [0, 0.1) is 5.82 Å². The van der Waals surface area contributed by atoms with E-state index in [2.05, 4.69) is 32.2 Å². The zero-order valence-electron chi connectivity index (χ0n) is 16.5. The number of rotatable bonds is 7. The molecule has 0 amide bonds. The van der Waals surface area contributed by atoms with E-state index in [-0.39, 0.29) is 11.7 Å². The number of nitrogens with one attached hydrogen (secondary N) is 1. The minimum Gasteiger partial charge on any atom is -0.324 e. The fourth-order valence-corrected chi connectivity index (χ4v) is 3.24. The van der Waals surface area contributed by atoms with Gasteiger partial charge in [0.25, 0.3) is 0 Å². The third kappa shape index (κ3) is 5.20. The first-order chi connectivity index (χ1) is 14.7. The first-order valence-corrected chi connectivity index (χ1v) is 9.70. The smallest absolute Gasteiger partial charge is 0.227 e. The summed E-state index contributed by atoms with van der Waals surface area (Å²) in [4.78, 5) is 21.8. The lowest BCUT2D eigenvalue weighted by Crippen LogP contribution is -2.06. The number of aromatic nitrogens is 5. The number of halogens is 1. The van der Waals surface area contributed by atoms with Crippen molar-refractivity contribution in [1.29, 1.82) is 0 Å². The van der Waals surface area contributed by atoms with Crippen molar-refractivity contribution in [3.63, 3.8) is 0 Å². The van der Waals surface area contributed by atoms with Gasteiger partial charge in [-0.25, -0.2) is 14.4 Å². The zero-order valence-corrected chi connectivity index (χ0v) is 16.5. The van der Waals surface area contributed by atoms with Gasteiger partial charge < -0.3 is 5.32 Å². The predicted octanol–water partition coefficient (Wildman–Crippen LogP) is 4.48. The van der Waals surface area contributed by atoms with Crippen LogP contribution in [0.2, 0.25) is 0 Å². The lowest BCUT2D eigenvalue weighted by molar-refractivity contribution is 0.625. The highest BCUT2D eigenvalue weighted by Gasteiger charge is 2.12. The van der Waals surface area contributed by atoms with Crippen molar-refractivity contribution in [2.75, 3.05) is 5.32 Å². The Labute approximate surface area is 174 Å². The second-order valence-electron chi connectivity index (χ2n) is 7.07. The topological polar surface area (TPSA) is 76.5 Å². The normalized spacial score (nSPS) is 11.8. The van der Waals surface area contributed by atoms with E-state index >= 15 is 0 Å². The van der Waals surface area contributed by atoms with E-state index in [9.17, 15) is 4.39 Å². The molecule has 0 aliphatic rings. The molecule has 0 aliphatic heterocycles. The molecule has 1 atom stereocenters. The average Bonchev–Trinajstić information content (AvgIpc) is 2.75. The van der Waals surface area contributed by atoms with Gasteiger partial charge in [0.15, 0.2) is 0 Å². The molecule has 0 radical (unpaired) electrons. The predicted molar refractivity (Wildman–Crippen MR) is 113 cm³/mol. The molecule has 30 heavy (non-hydrogen) atoms. The van der Waals surface area contributed by atoms with Gasteiger partial charge in [-0.1, -0.05) is 19.1 Å². The second kappa shape index (κ2) is 9.17. The number of anilines is 2. The fourth-order valence-electron chi connectivity index (χ4n) is 3.24. The summed E-state index contributed by atoms with van der Waals surface area (Å²) in [5, 5.41) is 3.24. The lowest BCUT2D eigenvalue weighted by Gasteiger charge is -2.14. The average molecular weight is 400 g/mol. The van der Waals surface area contributed by atoms with E-state index in [0.717, 1.165) is 28.3 Å². The Morgan fingerprint density at radius 2 is 1.67 bits per heavy atom. The molecule has 6 nitrogen and oxygen atoms in total. The highest BCUT2D eigenvalue weighted by Crippen LogP contribution is 2.23. The molecular weight excluding hydrogens is 379 g/mol. The SMILES string of the molecule is C[C@H](Cc1cc(Nc2ncccn2)cc(Cc2cnccn2)n1)c1ccc(F)cc1. The van der Waals surface area contributed by atoms with Gasteiger partial charge in [-0.05, 0) is 48.2 Å². The van der Waals surface area contributed by atoms with Gasteiger partial charge >= 0.3 is 0 Å². The van der Waals surface area contributed by atoms with E-state index < -0.39 is 0 Å². The Morgan fingerprint density at radius 3 is 2.40 bits per heavy atom. The van der Waals surface area contributed by atoms with Crippen LogP contribution in [0.4, 0.5) is 16.0 Å². The van der Waals surface area contributed by atoms with Crippen LogP contribution < -0.4 is 5.32 Å². The fraction of sp³-hybridized carbons (Fsp3) is 0.174. The van der Waals surface area contributed by atoms with Crippen molar-refractivity contribution in [3.05, 3.63) is 102 Å². The van der Waals surface area contributed by atoms with E-state index in [1.807, 2.05) is 24.3 Å². The summed E-state index contributed by atoms with van der Waals surface area (Å²) in [6, 6.07) is 12.4. The van der Waals surface area contributed by atoms with Crippen LogP contribution in [0.25, 0.3) is 0 Å². The Morgan fingerprint density at radius 1 is 0.900 bits per heavy atom. The quantitative estimate of drug-likeness (QED) is 0.493. The summed E-state index contributed by atoms with van der Waals surface area (Å²) in [6.45, 7) is 2.11. The number of nitrogens with zero attached hydrogens (tertiary/aromatic N) is 5. The van der Waals surface area contributed by atoms with Crippen LogP contribution in [0.1, 0.15) is 35.5 Å². The lowest BCUT2D eigenvalue weighted by atomic mass is 9.95. The van der Waals surface area contributed by atoms with Crippen LogP contribution in [0.5, 0.6) is 0 Å².